The number of alkyl carbamates (subject to hydrolysis) is 1. The van der Waals surface area contributed by atoms with Crippen LogP contribution in [0.25, 0.3) is 11.2 Å². The van der Waals surface area contributed by atoms with Gasteiger partial charge in [-0.2, -0.15) is 0 Å². The second kappa shape index (κ2) is 11.3. The Kier molecular flexibility index (Phi) is 7.66. The zero-order valence-electron chi connectivity index (χ0n) is 25.4. The summed E-state index contributed by atoms with van der Waals surface area (Å²) in [6.07, 6.45) is 6.49. The molecule has 0 bridgehead atoms. The number of ether oxygens (including phenoxy) is 2. The molecule has 1 aromatic carbocycles. The van der Waals surface area contributed by atoms with Crippen molar-refractivity contribution in [3.8, 4) is 0 Å². The van der Waals surface area contributed by atoms with Gasteiger partial charge in [0, 0.05) is 38.5 Å². The van der Waals surface area contributed by atoms with E-state index in [1.165, 1.54) is 0 Å². The Bertz CT molecular complexity index is 1520. The minimum absolute atomic E-state index is 0.0479. The zero-order chi connectivity index (χ0) is 30.4. The van der Waals surface area contributed by atoms with Gasteiger partial charge in [-0.05, 0) is 82.4 Å². The van der Waals surface area contributed by atoms with Crippen molar-refractivity contribution in [2.45, 2.75) is 78.0 Å². The van der Waals surface area contributed by atoms with E-state index in [9.17, 15) is 14.7 Å². The Labute approximate surface area is 251 Å². The van der Waals surface area contributed by atoms with Crippen molar-refractivity contribution >= 4 is 40.5 Å². The number of carbonyl (C=O) groups is 2. The average Bonchev–Trinajstić information content (AvgIpc) is 3.57. The number of carboxylic acids is 1. The van der Waals surface area contributed by atoms with Crippen molar-refractivity contribution in [3.63, 3.8) is 0 Å². The van der Waals surface area contributed by atoms with Gasteiger partial charge in [0.1, 0.15) is 11.4 Å². The highest BCUT2D eigenvalue weighted by Gasteiger charge is 2.34. The van der Waals surface area contributed by atoms with E-state index in [2.05, 4.69) is 22.0 Å². The number of benzene rings is 1. The second-order valence-electron chi connectivity index (χ2n) is 13.2. The number of carboxylic acid groups (broad SMARTS) is 1. The molecule has 6 rings (SSSR count). The van der Waals surface area contributed by atoms with Gasteiger partial charge < -0.3 is 29.7 Å². The van der Waals surface area contributed by atoms with Crippen molar-refractivity contribution in [1.82, 2.24) is 25.1 Å². The minimum atomic E-state index is -0.924. The van der Waals surface area contributed by atoms with Crippen LogP contribution in [0.1, 0.15) is 81.9 Å². The quantitative estimate of drug-likeness (QED) is 0.401. The number of hydrogen-bond acceptors (Lipinski definition) is 9. The van der Waals surface area contributed by atoms with Crippen LogP contribution in [0, 0.1) is 5.41 Å². The molecular formula is C31H41N7O5. The fourth-order valence-electron chi connectivity index (χ4n) is 6.24. The summed E-state index contributed by atoms with van der Waals surface area (Å²) >= 11 is 0. The van der Waals surface area contributed by atoms with E-state index in [1.54, 1.807) is 12.1 Å². The normalized spacial score (nSPS) is 20.2. The van der Waals surface area contributed by atoms with Crippen molar-refractivity contribution in [1.29, 1.82) is 0 Å². The Hall–Kier alpha value is -3.93. The maximum Gasteiger partial charge on any atom is 0.407 e. The van der Waals surface area contributed by atoms with Crippen LogP contribution in [0.15, 0.2) is 24.4 Å². The summed E-state index contributed by atoms with van der Waals surface area (Å²) in [4.78, 5) is 38.4. The van der Waals surface area contributed by atoms with Crippen LogP contribution in [0.3, 0.4) is 0 Å². The molecule has 2 saturated heterocycles. The minimum Gasteiger partial charge on any atom is -0.478 e. The van der Waals surface area contributed by atoms with Crippen LogP contribution in [0.2, 0.25) is 0 Å². The molecule has 3 aliphatic heterocycles. The first-order chi connectivity index (χ1) is 20.5. The molecule has 1 atom stereocenters. The van der Waals surface area contributed by atoms with Crippen LogP contribution in [0.4, 0.5) is 22.1 Å². The number of amides is 1. The summed E-state index contributed by atoms with van der Waals surface area (Å²) < 4.78 is 13.4. The van der Waals surface area contributed by atoms with E-state index in [-0.39, 0.29) is 17.7 Å². The van der Waals surface area contributed by atoms with Crippen molar-refractivity contribution in [2.75, 3.05) is 42.6 Å². The van der Waals surface area contributed by atoms with Gasteiger partial charge in [-0.3, -0.25) is 0 Å². The summed E-state index contributed by atoms with van der Waals surface area (Å²) in [6, 6.07) is 5.38. The highest BCUT2D eigenvalue weighted by molar-refractivity contribution is 5.95. The molecule has 3 aromatic rings. The van der Waals surface area contributed by atoms with Crippen LogP contribution in [0.5, 0.6) is 0 Å². The molecule has 2 N–H and O–H groups in total. The van der Waals surface area contributed by atoms with E-state index in [0.29, 0.717) is 48.7 Å². The number of aromatic carboxylic acids is 1. The molecule has 3 aliphatic rings. The third-order valence-electron chi connectivity index (χ3n) is 8.67. The fraction of sp³-hybridized carbons (Fsp3) is 0.581. The molecule has 2 aromatic heterocycles. The van der Waals surface area contributed by atoms with E-state index in [4.69, 9.17) is 24.5 Å². The molecule has 1 amide bonds. The number of fused-ring (bicyclic) bond motifs is 2. The number of nitrogens with one attached hydrogen (secondary N) is 1. The Morgan fingerprint density at radius 2 is 1.98 bits per heavy atom. The number of nitrogens with zero attached hydrogens (tertiary/aromatic N) is 6. The van der Waals surface area contributed by atoms with Gasteiger partial charge in [0.05, 0.1) is 11.8 Å². The number of hydrogen-bond donors (Lipinski definition) is 2. The van der Waals surface area contributed by atoms with Crippen LogP contribution >= 0.6 is 0 Å². The van der Waals surface area contributed by atoms with Gasteiger partial charge in [0.2, 0.25) is 0 Å². The van der Waals surface area contributed by atoms with E-state index < -0.39 is 11.6 Å². The van der Waals surface area contributed by atoms with E-state index >= 15 is 0 Å². The lowest BCUT2D eigenvalue weighted by molar-refractivity contribution is -0.0368. The lowest BCUT2D eigenvalue weighted by atomic mass is 9.80. The highest BCUT2D eigenvalue weighted by Crippen LogP contribution is 2.40. The molecule has 5 heterocycles. The summed E-state index contributed by atoms with van der Waals surface area (Å²) in [7, 11) is 0. The average molecular weight is 592 g/mol. The molecule has 0 spiro atoms. The number of piperidine rings is 1. The molecule has 43 heavy (non-hydrogen) atoms. The third kappa shape index (κ3) is 5.97. The maximum absolute atomic E-state index is 12.2. The first kappa shape index (κ1) is 29.2. The van der Waals surface area contributed by atoms with Gasteiger partial charge in [0.25, 0.3) is 0 Å². The smallest absolute Gasteiger partial charge is 0.407 e. The van der Waals surface area contributed by atoms with E-state index in [0.717, 1.165) is 62.3 Å². The Morgan fingerprint density at radius 3 is 2.67 bits per heavy atom. The molecule has 1 unspecified atom stereocenters. The summed E-state index contributed by atoms with van der Waals surface area (Å²) in [6.45, 7) is 11.2. The topological polar surface area (TPSA) is 135 Å². The highest BCUT2D eigenvalue weighted by atomic mass is 16.6. The lowest BCUT2D eigenvalue weighted by Gasteiger charge is -2.40. The van der Waals surface area contributed by atoms with Crippen LogP contribution in [-0.4, -0.2) is 75.3 Å². The molecule has 12 nitrogen and oxygen atoms in total. The summed E-state index contributed by atoms with van der Waals surface area (Å²) in [5.41, 5.74) is 2.75. The van der Waals surface area contributed by atoms with Gasteiger partial charge in [0.15, 0.2) is 23.2 Å². The molecule has 0 saturated carbocycles. The van der Waals surface area contributed by atoms with Gasteiger partial charge >= 0.3 is 12.1 Å². The predicted octanol–water partition coefficient (Wildman–Crippen LogP) is 5.05. The monoisotopic (exact) mass is 591 g/mol. The fourth-order valence-corrected chi connectivity index (χ4v) is 6.24. The maximum atomic E-state index is 12.2. The van der Waals surface area contributed by atoms with Gasteiger partial charge in [-0.1, -0.05) is 13.0 Å². The second-order valence-corrected chi connectivity index (χ2v) is 13.2. The van der Waals surface area contributed by atoms with Crippen LogP contribution in [-0.2, 0) is 15.9 Å². The predicted molar refractivity (Wildman–Crippen MR) is 162 cm³/mol. The van der Waals surface area contributed by atoms with Gasteiger partial charge in [-0.15, -0.1) is 5.10 Å². The lowest BCUT2D eigenvalue weighted by Crippen LogP contribution is -2.46. The van der Waals surface area contributed by atoms with Gasteiger partial charge in [-0.25, -0.2) is 24.2 Å². The first-order valence-corrected chi connectivity index (χ1v) is 15.2. The molecular weight excluding hydrogens is 550 g/mol. The Balaban J connectivity index is 1.25. The molecule has 0 radical (unpaired) electrons. The SMILES string of the molecule is CC1(CNC(=O)OC(C)(C)C)CCN(c2cnc3c(N4CCc5c(C(=O)O)cccc54)nn(C4CCCCO4)c3n2)CC1. The molecule has 230 valence electrons. The van der Waals surface area contributed by atoms with E-state index in [1.807, 2.05) is 37.7 Å². The first-order valence-electron chi connectivity index (χ1n) is 15.2. The largest absolute Gasteiger partial charge is 0.478 e. The number of rotatable bonds is 6. The standard InChI is InChI=1S/C31H41N7O5/c1-30(2,3)43-29(41)33-19-31(4)12-15-36(16-13-31)23-18-32-25-26(34-23)38(24-10-5-6-17-42-24)35-27(25)37-14-11-20-21(28(39)40)8-7-9-22(20)37/h7-9,18,24H,5-6,10-17,19H2,1-4H3,(H,33,41)(H,39,40). The molecule has 12 heteroatoms. The number of aromatic nitrogens is 4. The summed E-state index contributed by atoms with van der Waals surface area (Å²) in [5.74, 6) is 0.532. The van der Waals surface area contributed by atoms with Crippen molar-refractivity contribution in [3.05, 3.63) is 35.5 Å². The summed E-state index contributed by atoms with van der Waals surface area (Å²) in [5, 5.41) is 17.7. The Morgan fingerprint density at radius 1 is 1.19 bits per heavy atom. The van der Waals surface area contributed by atoms with Crippen molar-refractivity contribution in [2.24, 2.45) is 5.41 Å². The van der Waals surface area contributed by atoms with Crippen molar-refractivity contribution < 1.29 is 24.2 Å². The zero-order valence-corrected chi connectivity index (χ0v) is 25.4. The molecule has 0 aliphatic carbocycles. The molecule has 2 fully saturated rings. The number of carbonyl (C=O) groups excluding carboxylic acids is 1. The van der Waals surface area contributed by atoms with Crippen LogP contribution < -0.4 is 15.1 Å². The third-order valence-corrected chi connectivity index (χ3v) is 8.67. The number of anilines is 3.